The molecule has 2 nitrogen and oxygen atoms in total. The Morgan fingerprint density at radius 3 is 2.31 bits per heavy atom. The van der Waals surface area contributed by atoms with E-state index in [0.29, 0.717) is 0 Å². The molecule has 0 spiro atoms. The molecule has 5 heteroatoms. The fourth-order valence-corrected chi connectivity index (χ4v) is 1.28. The number of nitrogens with zero attached hydrogens (tertiary/aromatic N) is 2. The second-order valence-corrected chi connectivity index (χ2v) is 3.29. The van der Waals surface area contributed by atoms with Gasteiger partial charge in [0, 0.05) is 18.3 Å². The molecule has 1 rings (SSSR count). The lowest BCUT2D eigenvalue weighted by molar-refractivity contribution is 0.503. The molecule has 0 fully saturated rings. The molecule has 0 heterocycles. The summed E-state index contributed by atoms with van der Waals surface area (Å²) in [5.74, 6) is -1.30. The Morgan fingerprint density at radius 1 is 1.31 bits per heavy atom. The van der Waals surface area contributed by atoms with Crippen molar-refractivity contribution >= 4 is 12.0 Å². The Bertz CT molecular complexity index is 368. The highest BCUT2D eigenvalue weighted by Gasteiger charge is 2.10. The highest BCUT2D eigenvalue weighted by molar-refractivity contribution is 5.79. The van der Waals surface area contributed by atoms with E-state index in [-0.39, 0.29) is 17.8 Å². The molecule has 0 bridgehead atoms. The molecule has 0 aromatic heterocycles. The van der Waals surface area contributed by atoms with Crippen LogP contribution in [0.25, 0.3) is 0 Å². The lowest BCUT2D eigenvalue weighted by atomic mass is 10.2. The van der Waals surface area contributed by atoms with Crippen LogP contribution in [-0.4, -0.2) is 26.6 Å². The van der Waals surface area contributed by atoms with Gasteiger partial charge in [0.1, 0.15) is 18.3 Å². The number of hydrogen-bond donors (Lipinski definition) is 0. The maximum Gasteiger partial charge on any atom is 0.131 e. The van der Waals surface area contributed by atoms with E-state index in [4.69, 9.17) is 0 Å². The average Bonchev–Trinajstić information content (AvgIpc) is 2.25. The number of rotatable bonds is 4. The van der Waals surface area contributed by atoms with Crippen molar-refractivity contribution in [3.8, 4) is 0 Å². The molecule has 0 saturated carbocycles. The fourth-order valence-electron chi connectivity index (χ4n) is 1.28. The van der Waals surface area contributed by atoms with E-state index in [9.17, 15) is 13.2 Å². The highest BCUT2D eigenvalue weighted by Crippen LogP contribution is 2.20. The van der Waals surface area contributed by atoms with Crippen molar-refractivity contribution in [2.24, 2.45) is 4.99 Å². The Balaban J connectivity index is 3.09. The third-order valence-electron chi connectivity index (χ3n) is 2.18. The second kappa shape index (κ2) is 5.53. The van der Waals surface area contributed by atoms with E-state index >= 15 is 0 Å². The first-order valence-electron chi connectivity index (χ1n) is 4.80. The minimum Gasteiger partial charge on any atom is -0.330 e. The van der Waals surface area contributed by atoms with Crippen LogP contribution in [0.5, 0.6) is 0 Å². The van der Waals surface area contributed by atoms with Crippen LogP contribution in [0.15, 0.2) is 17.1 Å². The second-order valence-electron chi connectivity index (χ2n) is 3.29. The molecule has 0 aliphatic heterocycles. The van der Waals surface area contributed by atoms with Gasteiger partial charge in [-0.05, 0) is 19.1 Å². The third kappa shape index (κ3) is 2.74. The van der Waals surface area contributed by atoms with Crippen LogP contribution in [0.1, 0.15) is 5.56 Å². The predicted octanol–water partition coefficient (Wildman–Crippen LogP) is 2.71. The predicted molar refractivity (Wildman–Crippen MR) is 58.8 cm³/mol. The maximum atomic E-state index is 13.3. The summed E-state index contributed by atoms with van der Waals surface area (Å²) in [7, 11) is 1.51. The van der Waals surface area contributed by atoms with Gasteiger partial charge < -0.3 is 4.90 Å². The van der Waals surface area contributed by atoms with Gasteiger partial charge in [0.05, 0.1) is 12.9 Å². The number of anilines is 1. The molecule has 1 aromatic rings. The summed E-state index contributed by atoms with van der Waals surface area (Å²) in [6.07, 6.45) is 1.34. The van der Waals surface area contributed by atoms with Gasteiger partial charge in [0.15, 0.2) is 0 Å². The van der Waals surface area contributed by atoms with E-state index in [0.717, 1.165) is 12.1 Å². The summed E-state index contributed by atoms with van der Waals surface area (Å²) in [6.45, 7) is 0.740. The van der Waals surface area contributed by atoms with E-state index in [1.165, 1.54) is 25.2 Å². The molecule has 88 valence electrons. The van der Waals surface area contributed by atoms with E-state index < -0.39 is 18.3 Å². The van der Waals surface area contributed by atoms with Gasteiger partial charge >= 0.3 is 0 Å². The van der Waals surface area contributed by atoms with Gasteiger partial charge in [-0.25, -0.2) is 13.2 Å². The third-order valence-corrected chi connectivity index (χ3v) is 2.18. The number of alkyl halides is 1. The largest absolute Gasteiger partial charge is 0.330 e. The minimum absolute atomic E-state index is 0.0132. The lowest BCUT2D eigenvalue weighted by Crippen LogP contribution is -2.24. The van der Waals surface area contributed by atoms with Crippen LogP contribution in [0.4, 0.5) is 18.9 Å². The molecule has 0 saturated heterocycles. The van der Waals surface area contributed by atoms with Crippen molar-refractivity contribution in [1.82, 2.24) is 0 Å². The Hall–Kier alpha value is -1.52. The molecule has 0 N–H and O–H groups in total. The van der Waals surface area contributed by atoms with E-state index in [1.54, 1.807) is 0 Å². The zero-order valence-corrected chi connectivity index (χ0v) is 9.17. The van der Waals surface area contributed by atoms with Gasteiger partial charge in [-0.2, -0.15) is 0 Å². The van der Waals surface area contributed by atoms with Crippen LogP contribution < -0.4 is 4.90 Å². The summed E-state index contributed by atoms with van der Waals surface area (Å²) in [5, 5.41) is 0. The summed E-state index contributed by atoms with van der Waals surface area (Å²) in [5.41, 5.74) is 0.209. The molecular formula is C11H13F3N2. The SMILES string of the molecule is C/N=C\N(CCF)c1cc(F)c(C)c(F)c1. The van der Waals surface area contributed by atoms with E-state index in [2.05, 4.69) is 4.99 Å². The molecule has 0 atom stereocenters. The van der Waals surface area contributed by atoms with Crippen molar-refractivity contribution in [3.05, 3.63) is 29.3 Å². The number of hydrogen-bond acceptors (Lipinski definition) is 1. The minimum atomic E-state index is -0.650. The van der Waals surface area contributed by atoms with Gasteiger partial charge in [0.2, 0.25) is 0 Å². The number of aliphatic imine (C=N–C) groups is 1. The van der Waals surface area contributed by atoms with Crippen LogP contribution in [-0.2, 0) is 0 Å². The summed E-state index contributed by atoms with van der Waals surface area (Å²) < 4.78 is 38.8. The van der Waals surface area contributed by atoms with Crippen molar-refractivity contribution in [1.29, 1.82) is 0 Å². The van der Waals surface area contributed by atoms with Crippen LogP contribution in [0.2, 0.25) is 0 Å². The molecule has 0 amide bonds. The quantitative estimate of drug-likeness (QED) is 0.573. The van der Waals surface area contributed by atoms with Gasteiger partial charge in [-0.1, -0.05) is 0 Å². The Labute approximate surface area is 92.4 Å². The topological polar surface area (TPSA) is 15.6 Å². The Morgan fingerprint density at radius 2 is 1.88 bits per heavy atom. The van der Waals surface area contributed by atoms with Gasteiger partial charge in [-0.3, -0.25) is 4.99 Å². The molecule has 16 heavy (non-hydrogen) atoms. The molecule has 0 aliphatic carbocycles. The van der Waals surface area contributed by atoms with Crippen molar-refractivity contribution in [2.75, 3.05) is 25.2 Å². The zero-order chi connectivity index (χ0) is 12.1. The molecule has 0 unspecified atom stereocenters. The normalized spacial score (nSPS) is 11.1. The summed E-state index contributed by atoms with van der Waals surface area (Å²) in [6, 6.07) is 2.32. The van der Waals surface area contributed by atoms with E-state index in [1.807, 2.05) is 0 Å². The zero-order valence-electron chi connectivity index (χ0n) is 9.17. The van der Waals surface area contributed by atoms with Crippen molar-refractivity contribution in [2.45, 2.75) is 6.92 Å². The van der Waals surface area contributed by atoms with Gasteiger partial charge in [0.25, 0.3) is 0 Å². The number of benzene rings is 1. The first-order chi connectivity index (χ1) is 7.60. The van der Waals surface area contributed by atoms with Crippen LogP contribution >= 0.6 is 0 Å². The van der Waals surface area contributed by atoms with Gasteiger partial charge in [-0.15, -0.1) is 0 Å². The maximum absolute atomic E-state index is 13.3. The molecule has 0 aliphatic rings. The lowest BCUT2D eigenvalue weighted by Gasteiger charge is -2.18. The molecule has 1 aromatic carbocycles. The monoisotopic (exact) mass is 230 g/mol. The summed E-state index contributed by atoms with van der Waals surface area (Å²) in [4.78, 5) is 5.05. The average molecular weight is 230 g/mol. The molecule has 0 radical (unpaired) electrons. The fraction of sp³-hybridized carbons (Fsp3) is 0.364. The first-order valence-corrected chi connectivity index (χ1v) is 4.80. The van der Waals surface area contributed by atoms with Crippen molar-refractivity contribution in [3.63, 3.8) is 0 Å². The number of halogens is 3. The first kappa shape index (κ1) is 12.5. The molecular weight excluding hydrogens is 217 g/mol. The highest BCUT2D eigenvalue weighted by atomic mass is 19.1. The van der Waals surface area contributed by atoms with Crippen molar-refractivity contribution < 1.29 is 13.2 Å². The Kier molecular flexibility index (Phi) is 4.34. The van der Waals surface area contributed by atoms with Crippen LogP contribution in [0, 0.1) is 18.6 Å². The van der Waals surface area contributed by atoms with Crippen LogP contribution in [0.3, 0.4) is 0 Å². The smallest absolute Gasteiger partial charge is 0.131 e. The summed E-state index contributed by atoms with van der Waals surface area (Å²) >= 11 is 0. The standard InChI is InChI=1S/C11H13F3N2/c1-8-10(13)5-9(6-11(8)14)16(4-3-12)7-15-2/h5-7H,3-4H2,1-2H3/b15-7-.